The summed E-state index contributed by atoms with van der Waals surface area (Å²) >= 11 is 4.16. The van der Waals surface area contributed by atoms with E-state index in [0.717, 1.165) is 5.92 Å². The van der Waals surface area contributed by atoms with Crippen molar-refractivity contribution >= 4 is 23.5 Å². The molecule has 2 bridgehead atoms. The molecule has 3 atom stereocenters. The molecule has 4 rings (SSSR count). The van der Waals surface area contributed by atoms with E-state index < -0.39 is 0 Å². The molecule has 0 aromatic heterocycles. The summed E-state index contributed by atoms with van der Waals surface area (Å²) in [6, 6.07) is 0. The first kappa shape index (κ1) is 11.0. The summed E-state index contributed by atoms with van der Waals surface area (Å²) in [5, 5.41) is 0. The Balaban J connectivity index is 1.90. The van der Waals surface area contributed by atoms with E-state index in [1.54, 1.807) is 0 Å². The van der Waals surface area contributed by atoms with Crippen molar-refractivity contribution < 1.29 is 4.74 Å². The molecule has 4 fully saturated rings. The average molecular weight is 266 g/mol. The fourth-order valence-electron chi connectivity index (χ4n) is 4.29. The summed E-state index contributed by atoms with van der Waals surface area (Å²) in [5.74, 6) is 3.22. The van der Waals surface area contributed by atoms with Gasteiger partial charge in [0, 0.05) is 11.5 Å². The molecule has 3 heteroatoms. The van der Waals surface area contributed by atoms with Crippen LogP contribution in [0.4, 0.5) is 0 Å². The van der Waals surface area contributed by atoms with Crippen LogP contribution in [-0.4, -0.2) is 27.3 Å². The highest BCUT2D eigenvalue weighted by molar-refractivity contribution is 8.21. The molecule has 3 saturated heterocycles. The molecular formula is C14H18OS2. The van der Waals surface area contributed by atoms with Gasteiger partial charge in [0.1, 0.15) is 4.08 Å². The van der Waals surface area contributed by atoms with E-state index in [2.05, 4.69) is 36.7 Å². The number of thioether (sulfide) groups is 2. The first-order chi connectivity index (χ1) is 8.20. The van der Waals surface area contributed by atoms with Crippen LogP contribution in [0.3, 0.4) is 0 Å². The Bertz CT molecular complexity index is 410. The number of fused-ring (bicyclic) bond motifs is 1. The van der Waals surface area contributed by atoms with Crippen molar-refractivity contribution in [3.05, 3.63) is 24.3 Å². The molecule has 0 aromatic rings. The van der Waals surface area contributed by atoms with Crippen LogP contribution < -0.4 is 0 Å². The van der Waals surface area contributed by atoms with Crippen LogP contribution in [0, 0.1) is 5.92 Å². The minimum absolute atomic E-state index is 0.0990. The van der Waals surface area contributed by atoms with Gasteiger partial charge in [-0.2, -0.15) is 0 Å². The summed E-state index contributed by atoms with van der Waals surface area (Å²) in [6.45, 7) is 8.67. The van der Waals surface area contributed by atoms with E-state index in [0.29, 0.717) is 0 Å². The molecule has 1 saturated carbocycles. The molecule has 2 spiro atoms. The second-order valence-corrected chi connectivity index (χ2v) is 8.52. The van der Waals surface area contributed by atoms with Gasteiger partial charge in [-0.3, -0.25) is 0 Å². The third kappa shape index (κ3) is 1.10. The number of hydrogen-bond acceptors (Lipinski definition) is 3. The molecular weight excluding hydrogens is 248 g/mol. The molecule has 1 aliphatic carbocycles. The van der Waals surface area contributed by atoms with Crippen molar-refractivity contribution in [2.24, 2.45) is 5.92 Å². The summed E-state index contributed by atoms with van der Waals surface area (Å²) < 4.78 is 6.64. The SMILES string of the molecule is C=C1C(=C)C2(SCCS2)[C@]23CCC[C@H]2C[C@H]1O3. The first-order valence-corrected chi connectivity index (χ1v) is 8.51. The maximum Gasteiger partial charge on any atom is 0.115 e. The van der Waals surface area contributed by atoms with E-state index in [1.165, 1.54) is 48.3 Å². The van der Waals surface area contributed by atoms with Gasteiger partial charge >= 0.3 is 0 Å². The second kappa shape index (κ2) is 3.37. The van der Waals surface area contributed by atoms with Gasteiger partial charge in [-0.25, -0.2) is 0 Å². The lowest BCUT2D eigenvalue weighted by Gasteiger charge is -2.50. The number of rotatable bonds is 0. The zero-order valence-electron chi connectivity index (χ0n) is 10.0. The highest BCUT2D eigenvalue weighted by Gasteiger charge is 2.69. The smallest absolute Gasteiger partial charge is 0.115 e. The molecule has 4 aliphatic rings. The average Bonchev–Trinajstić information content (AvgIpc) is 2.97. The molecule has 0 radical (unpaired) electrons. The van der Waals surface area contributed by atoms with Crippen LogP contribution in [0.15, 0.2) is 24.3 Å². The Morgan fingerprint density at radius 3 is 2.76 bits per heavy atom. The lowest BCUT2D eigenvalue weighted by atomic mass is 9.84. The Kier molecular flexibility index (Phi) is 2.18. The molecule has 0 N–H and O–H groups in total. The Morgan fingerprint density at radius 2 is 2.00 bits per heavy atom. The van der Waals surface area contributed by atoms with Crippen LogP contribution in [0.2, 0.25) is 0 Å². The maximum absolute atomic E-state index is 6.53. The van der Waals surface area contributed by atoms with Crippen molar-refractivity contribution in [1.29, 1.82) is 0 Å². The zero-order chi connectivity index (χ0) is 11.7. The van der Waals surface area contributed by atoms with Gasteiger partial charge in [0.2, 0.25) is 0 Å². The summed E-state index contributed by atoms with van der Waals surface area (Å²) in [4.78, 5) is 0. The van der Waals surface area contributed by atoms with Crippen LogP contribution in [-0.2, 0) is 4.74 Å². The maximum atomic E-state index is 6.53. The third-order valence-electron chi connectivity index (χ3n) is 5.04. The van der Waals surface area contributed by atoms with E-state index in [9.17, 15) is 0 Å². The van der Waals surface area contributed by atoms with E-state index >= 15 is 0 Å². The van der Waals surface area contributed by atoms with Gasteiger partial charge in [0.25, 0.3) is 0 Å². The van der Waals surface area contributed by atoms with Crippen LogP contribution in [0.5, 0.6) is 0 Å². The zero-order valence-corrected chi connectivity index (χ0v) is 11.7. The highest BCUT2D eigenvalue weighted by atomic mass is 32.2. The fourth-order valence-corrected chi connectivity index (χ4v) is 8.10. The molecule has 0 aromatic carbocycles. The summed E-state index contributed by atoms with van der Waals surface area (Å²) in [5.41, 5.74) is 2.58. The van der Waals surface area contributed by atoms with Gasteiger partial charge in [-0.15, -0.1) is 23.5 Å². The normalized spacial score (nSPS) is 46.8. The van der Waals surface area contributed by atoms with Gasteiger partial charge < -0.3 is 4.74 Å². The van der Waals surface area contributed by atoms with Crippen molar-refractivity contribution in [2.45, 2.75) is 41.5 Å². The summed E-state index contributed by atoms with van der Waals surface area (Å²) in [6.07, 6.45) is 5.39. The predicted molar refractivity (Wildman–Crippen MR) is 75.5 cm³/mol. The summed E-state index contributed by atoms with van der Waals surface area (Å²) in [7, 11) is 0. The molecule has 3 heterocycles. The Hall–Kier alpha value is 0.140. The largest absolute Gasteiger partial charge is 0.364 e. The topological polar surface area (TPSA) is 9.23 Å². The quantitative estimate of drug-likeness (QED) is 0.663. The van der Waals surface area contributed by atoms with Crippen LogP contribution in [0.25, 0.3) is 0 Å². The minimum atomic E-state index is 0.0990. The molecule has 92 valence electrons. The molecule has 0 unspecified atom stereocenters. The van der Waals surface area contributed by atoms with E-state index in [-0.39, 0.29) is 15.8 Å². The molecule has 1 nitrogen and oxygen atoms in total. The van der Waals surface area contributed by atoms with Gasteiger partial charge in [0.05, 0.1) is 11.7 Å². The van der Waals surface area contributed by atoms with Gasteiger partial charge in [0.15, 0.2) is 0 Å². The van der Waals surface area contributed by atoms with Crippen molar-refractivity contribution in [3.63, 3.8) is 0 Å². The highest BCUT2D eigenvalue weighted by Crippen LogP contribution is 2.70. The number of hydrogen-bond donors (Lipinski definition) is 0. The fraction of sp³-hybridized carbons (Fsp3) is 0.714. The monoisotopic (exact) mass is 266 g/mol. The molecule has 0 amide bonds. The van der Waals surface area contributed by atoms with Crippen LogP contribution >= 0.6 is 23.5 Å². The lowest BCUT2D eigenvalue weighted by Crippen LogP contribution is -2.54. The molecule has 3 aliphatic heterocycles. The Morgan fingerprint density at radius 1 is 1.24 bits per heavy atom. The van der Waals surface area contributed by atoms with Crippen molar-refractivity contribution in [2.75, 3.05) is 11.5 Å². The van der Waals surface area contributed by atoms with Crippen LogP contribution in [0.1, 0.15) is 25.7 Å². The van der Waals surface area contributed by atoms with E-state index in [1.807, 2.05) is 0 Å². The second-order valence-electron chi connectivity index (χ2n) is 5.64. The van der Waals surface area contributed by atoms with Gasteiger partial charge in [-0.05, 0) is 36.3 Å². The first-order valence-electron chi connectivity index (χ1n) is 6.54. The minimum Gasteiger partial charge on any atom is -0.364 e. The van der Waals surface area contributed by atoms with E-state index in [4.69, 9.17) is 4.74 Å². The predicted octanol–water partition coefficient (Wildman–Crippen LogP) is 3.62. The molecule has 17 heavy (non-hydrogen) atoms. The van der Waals surface area contributed by atoms with Gasteiger partial charge in [-0.1, -0.05) is 19.6 Å². The third-order valence-corrected chi connectivity index (χ3v) is 8.81. The number of ether oxygens (including phenoxy) is 1. The standard InChI is InChI=1S/C14H18OS2/c1-9-10(2)14(16-6-7-17-14)13-5-3-4-11(13)8-12(9)15-13/h11-12H,1-8H2/t11-,12+,13-/m0/s1. The Labute approximate surface area is 111 Å². The lowest BCUT2D eigenvalue weighted by molar-refractivity contribution is -0.0498. The van der Waals surface area contributed by atoms with Crippen molar-refractivity contribution in [1.82, 2.24) is 0 Å². The van der Waals surface area contributed by atoms with Crippen molar-refractivity contribution in [3.8, 4) is 0 Å².